The van der Waals surface area contributed by atoms with Gasteiger partial charge in [0.1, 0.15) is 0 Å². The Hall–Kier alpha value is -2.04. The maximum atomic E-state index is 13.1. The monoisotopic (exact) mass is 207 g/mol. The molecule has 0 radical (unpaired) electrons. The Morgan fingerprint density at radius 3 is 2.87 bits per heavy atom. The van der Waals surface area contributed by atoms with Crippen molar-refractivity contribution in [2.45, 2.75) is 0 Å². The number of imidazole rings is 1. The summed E-state index contributed by atoms with van der Waals surface area (Å²) in [5, 5.41) is 0. The molecule has 4 nitrogen and oxygen atoms in total. The second-order valence-electron chi connectivity index (χ2n) is 2.97. The van der Waals surface area contributed by atoms with Crippen LogP contribution in [0, 0.1) is 5.82 Å². The molecule has 1 aromatic heterocycles. The predicted octanol–water partition coefficient (Wildman–Crippen LogP) is 1.60. The van der Waals surface area contributed by atoms with Gasteiger partial charge in [-0.1, -0.05) is 0 Å². The van der Waals surface area contributed by atoms with Gasteiger partial charge in [-0.05, 0) is 12.1 Å². The third kappa shape index (κ3) is 1.63. The number of nitrogens with two attached hydrogens (primary N) is 1. The molecule has 1 heterocycles. The number of hydrogen-bond acceptors (Lipinski definition) is 3. The number of nitrogens with zero attached hydrogens (tertiary/aromatic N) is 2. The summed E-state index contributed by atoms with van der Waals surface area (Å²) in [4.78, 5) is 3.88. The zero-order valence-electron chi connectivity index (χ0n) is 8.14. The Labute approximate surface area is 86.1 Å². The van der Waals surface area contributed by atoms with Gasteiger partial charge in [-0.25, -0.2) is 9.37 Å². The largest absolute Gasteiger partial charge is 0.494 e. The van der Waals surface area contributed by atoms with Crippen LogP contribution < -0.4 is 10.5 Å². The molecule has 2 N–H and O–H groups in total. The molecule has 0 amide bonds. The summed E-state index contributed by atoms with van der Waals surface area (Å²) >= 11 is 0. The lowest BCUT2D eigenvalue weighted by Crippen LogP contribution is -2.00. The van der Waals surface area contributed by atoms with Crippen LogP contribution in [0.4, 0.5) is 10.3 Å². The molecule has 0 saturated carbocycles. The van der Waals surface area contributed by atoms with E-state index in [-0.39, 0.29) is 5.75 Å². The number of methoxy groups -OCH3 is 1. The molecular formula is C10H10FN3O. The smallest absolute Gasteiger partial charge is 0.204 e. The summed E-state index contributed by atoms with van der Waals surface area (Å²) in [6, 6.07) is 4.50. The van der Waals surface area contributed by atoms with E-state index >= 15 is 0 Å². The Morgan fingerprint density at radius 1 is 1.47 bits per heavy atom. The van der Waals surface area contributed by atoms with Gasteiger partial charge in [0.2, 0.25) is 5.95 Å². The number of anilines is 1. The molecule has 0 aliphatic heterocycles. The van der Waals surface area contributed by atoms with Crippen molar-refractivity contribution in [2.75, 3.05) is 12.8 Å². The van der Waals surface area contributed by atoms with E-state index in [9.17, 15) is 4.39 Å². The van der Waals surface area contributed by atoms with E-state index in [1.165, 1.54) is 13.2 Å². The minimum atomic E-state index is -0.403. The second kappa shape index (κ2) is 3.61. The first kappa shape index (κ1) is 9.51. The van der Waals surface area contributed by atoms with Crippen molar-refractivity contribution in [3.05, 3.63) is 36.4 Å². The van der Waals surface area contributed by atoms with Gasteiger partial charge in [-0.2, -0.15) is 0 Å². The van der Waals surface area contributed by atoms with Crippen LogP contribution in [0.3, 0.4) is 0 Å². The Balaban J connectivity index is 2.51. The van der Waals surface area contributed by atoms with Gasteiger partial charge in [0.15, 0.2) is 11.6 Å². The van der Waals surface area contributed by atoms with Crippen molar-refractivity contribution in [3.63, 3.8) is 0 Å². The lowest BCUT2D eigenvalue weighted by molar-refractivity contribution is 0.386. The minimum Gasteiger partial charge on any atom is -0.494 e. The van der Waals surface area contributed by atoms with Gasteiger partial charge in [-0.3, -0.25) is 4.57 Å². The average molecular weight is 207 g/mol. The first-order valence-corrected chi connectivity index (χ1v) is 4.35. The number of benzene rings is 1. The topological polar surface area (TPSA) is 53.1 Å². The number of hydrogen-bond donors (Lipinski definition) is 1. The van der Waals surface area contributed by atoms with E-state index in [0.717, 1.165) is 0 Å². The zero-order valence-corrected chi connectivity index (χ0v) is 8.14. The molecule has 0 aliphatic carbocycles. The third-order valence-corrected chi connectivity index (χ3v) is 2.08. The standard InChI is InChI=1S/C10H10FN3O/c1-15-9-6-7(2-3-8(9)11)14-5-4-13-10(14)12/h2-6H,1H3,(H2,12,13). The highest BCUT2D eigenvalue weighted by Crippen LogP contribution is 2.21. The molecule has 2 aromatic rings. The Bertz CT molecular complexity index is 481. The van der Waals surface area contributed by atoms with E-state index in [1.807, 2.05) is 0 Å². The normalized spacial score (nSPS) is 10.3. The van der Waals surface area contributed by atoms with Crippen LogP contribution in [0.15, 0.2) is 30.6 Å². The summed E-state index contributed by atoms with van der Waals surface area (Å²) in [6.45, 7) is 0. The van der Waals surface area contributed by atoms with Crippen LogP contribution in [-0.2, 0) is 0 Å². The molecule has 2 rings (SSSR count). The van der Waals surface area contributed by atoms with Crippen molar-refractivity contribution in [2.24, 2.45) is 0 Å². The Kier molecular flexibility index (Phi) is 2.29. The molecule has 15 heavy (non-hydrogen) atoms. The van der Waals surface area contributed by atoms with Gasteiger partial charge < -0.3 is 10.5 Å². The molecular weight excluding hydrogens is 197 g/mol. The number of rotatable bonds is 2. The highest BCUT2D eigenvalue weighted by Gasteiger charge is 2.06. The van der Waals surface area contributed by atoms with E-state index in [2.05, 4.69) is 4.98 Å². The molecule has 0 unspecified atom stereocenters. The average Bonchev–Trinajstić information content (AvgIpc) is 2.65. The quantitative estimate of drug-likeness (QED) is 0.813. The molecule has 5 heteroatoms. The van der Waals surface area contributed by atoms with Crippen LogP contribution in [0.2, 0.25) is 0 Å². The third-order valence-electron chi connectivity index (χ3n) is 2.08. The first-order valence-electron chi connectivity index (χ1n) is 4.35. The van der Waals surface area contributed by atoms with Gasteiger partial charge in [0.05, 0.1) is 12.8 Å². The van der Waals surface area contributed by atoms with E-state index in [0.29, 0.717) is 11.6 Å². The maximum absolute atomic E-state index is 13.1. The summed E-state index contributed by atoms with van der Waals surface area (Å²) in [7, 11) is 1.42. The van der Waals surface area contributed by atoms with Crippen LogP contribution >= 0.6 is 0 Å². The summed E-state index contributed by atoms with van der Waals surface area (Å²) in [6.07, 6.45) is 3.27. The fraction of sp³-hybridized carbons (Fsp3) is 0.100. The number of ether oxygens (including phenoxy) is 1. The van der Waals surface area contributed by atoms with Crippen molar-refractivity contribution in [1.29, 1.82) is 0 Å². The van der Waals surface area contributed by atoms with Crippen LogP contribution in [0.1, 0.15) is 0 Å². The molecule has 1 aromatic carbocycles. The second-order valence-corrected chi connectivity index (χ2v) is 2.97. The molecule has 0 saturated heterocycles. The fourth-order valence-electron chi connectivity index (χ4n) is 1.33. The van der Waals surface area contributed by atoms with Gasteiger partial charge >= 0.3 is 0 Å². The predicted molar refractivity (Wildman–Crippen MR) is 54.5 cm³/mol. The summed E-state index contributed by atoms with van der Waals surface area (Å²) < 4.78 is 19.6. The zero-order chi connectivity index (χ0) is 10.8. The van der Waals surface area contributed by atoms with Gasteiger partial charge in [0.25, 0.3) is 0 Å². The van der Waals surface area contributed by atoms with Crippen molar-refractivity contribution >= 4 is 5.95 Å². The van der Waals surface area contributed by atoms with E-state index in [4.69, 9.17) is 10.5 Å². The van der Waals surface area contributed by atoms with Crippen molar-refractivity contribution < 1.29 is 9.13 Å². The van der Waals surface area contributed by atoms with Crippen molar-refractivity contribution in [3.8, 4) is 11.4 Å². The molecule has 78 valence electrons. The molecule has 0 spiro atoms. The highest BCUT2D eigenvalue weighted by molar-refractivity contribution is 5.44. The van der Waals surface area contributed by atoms with Crippen LogP contribution in [-0.4, -0.2) is 16.7 Å². The SMILES string of the molecule is COc1cc(-n2ccnc2N)ccc1F. The molecule has 0 atom stereocenters. The fourth-order valence-corrected chi connectivity index (χ4v) is 1.33. The number of aromatic nitrogens is 2. The maximum Gasteiger partial charge on any atom is 0.204 e. The first-order chi connectivity index (χ1) is 7.22. The Morgan fingerprint density at radius 2 is 2.27 bits per heavy atom. The van der Waals surface area contributed by atoms with Crippen LogP contribution in [0.5, 0.6) is 5.75 Å². The molecule has 0 bridgehead atoms. The number of halogens is 1. The van der Waals surface area contributed by atoms with Gasteiger partial charge in [0, 0.05) is 18.5 Å². The highest BCUT2D eigenvalue weighted by atomic mass is 19.1. The summed E-state index contributed by atoms with van der Waals surface area (Å²) in [5.41, 5.74) is 6.33. The molecule has 0 fully saturated rings. The summed E-state index contributed by atoms with van der Waals surface area (Å²) in [5.74, 6) is 0.129. The van der Waals surface area contributed by atoms with Gasteiger partial charge in [-0.15, -0.1) is 0 Å². The number of nitrogen functional groups attached to an aromatic ring is 1. The van der Waals surface area contributed by atoms with E-state index < -0.39 is 5.82 Å². The van der Waals surface area contributed by atoms with Crippen LogP contribution in [0.25, 0.3) is 5.69 Å². The van der Waals surface area contributed by atoms with E-state index in [1.54, 1.807) is 29.1 Å². The van der Waals surface area contributed by atoms with Crippen molar-refractivity contribution in [1.82, 2.24) is 9.55 Å². The lowest BCUT2D eigenvalue weighted by atomic mass is 10.3. The lowest BCUT2D eigenvalue weighted by Gasteiger charge is -2.07. The minimum absolute atomic E-state index is 0.181. The molecule has 0 aliphatic rings.